The van der Waals surface area contributed by atoms with Gasteiger partial charge in [0.1, 0.15) is 5.58 Å². The summed E-state index contributed by atoms with van der Waals surface area (Å²) in [5.41, 5.74) is -0.0322. The first kappa shape index (κ1) is 16.1. The van der Waals surface area contributed by atoms with Crippen molar-refractivity contribution in [3.63, 3.8) is 0 Å². The summed E-state index contributed by atoms with van der Waals surface area (Å²) in [5, 5.41) is 0.447. The number of hydrogen-bond acceptors (Lipinski definition) is 3. The lowest BCUT2D eigenvalue weighted by Crippen LogP contribution is -2.08. The van der Waals surface area contributed by atoms with E-state index in [9.17, 15) is 18.0 Å². The Morgan fingerprint density at radius 2 is 1.79 bits per heavy atom. The molecule has 0 aliphatic carbocycles. The summed E-state index contributed by atoms with van der Waals surface area (Å²) in [6, 6.07) is 13.0. The van der Waals surface area contributed by atoms with Gasteiger partial charge in [-0.05, 0) is 23.8 Å². The van der Waals surface area contributed by atoms with Crippen LogP contribution in [0.3, 0.4) is 0 Å². The van der Waals surface area contributed by atoms with Crippen LogP contribution in [-0.2, 0) is 12.6 Å². The number of rotatable bonds is 4. The smallest absolute Gasteiger partial charge is 0.416 e. The lowest BCUT2D eigenvalue weighted by Gasteiger charge is -2.09. The van der Waals surface area contributed by atoms with Crippen LogP contribution in [0.25, 0.3) is 11.0 Å². The van der Waals surface area contributed by atoms with Crippen molar-refractivity contribution in [3.8, 4) is 5.95 Å². The monoisotopic (exact) mass is 334 g/mol. The molecule has 6 heteroatoms. The molecule has 0 N–H and O–H groups in total. The van der Waals surface area contributed by atoms with Gasteiger partial charge in [0, 0.05) is 6.42 Å². The van der Waals surface area contributed by atoms with E-state index in [1.165, 1.54) is 12.1 Å². The van der Waals surface area contributed by atoms with Gasteiger partial charge in [0.25, 0.3) is 5.95 Å². The lowest BCUT2D eigenvalue weighted by molar-refractivity contribution is -0.137. The van der Waals surface area contributed by atoms with E-state index in [0.717, 1.165) is 12.1 Å². The van der Waals surface area contributed by atoms with Crippen LogP contribution in [0.5, 0.6) is 5.95 Å². The number of alkyl halides is 3. The number of benzene rings is 2. The van der Waals surface area contributed by atoms with Gasteiger partial charge in [-0.1, -0.05) is 30.3 Å². The Balaban J connectivity index is 1.70. The summed E-state index contributed by atoms with van der Waals surface area (Å²) in [7, 11) is 0. The average Bonchev–Trinajstić information content (AvgIpc) is 2.54. The molecule has 3 rings (SSSR count). The number of ether oxygens (including phenoxy) is 1. The second-order valence-corrected chi connectivity index (χ2v) is 5.22. The molecule has 1 heterocycles. The number of fused-ring (bicyclic) bond motifs is 1. The van der Waals surface area contributed by atoms with Crippen LogP contribution in [0.2, 0.25) is 0 Å². The zero-order valence-electron chi connectivity index (χ0n) is 12.5. The van der Waals surface area contributed by atoms with Crippen LogP contribution < -0.4 is 10.2 Å². The summed E-state index contributed by atoms with van der Waals surface area (Å²) in [4.78, 5) is 11.9. The molecule has 0 saturated carbocycles. The first-order chi connectivity index (χ1) is 11.4. The maximum atomic E-state index is 12.7. The highest BCUT2D eigenvalue weighted by Crippen LogP contribution is 2.29. The third-order valence-electron chi connectivity index (χ3n) is 3.50. The van der Waals surface area contributed by atoms with Crippen molar-refractivity contribution in [2.45, 2.75) is 12.6 Å². The molecule has 3 nitrogen and oxygen atoms in total. The van der Waals surface area contributed by atoms with E-state index in [2.05, 4.69) is 0 Å². The summed E-state index contributed by atoms with van der Waals surface area (Å²) in [5.74, 6) is 0.0469. The topological polar surface area (TPSA) is 39.4 Å². The highest BCUT2D eigenvalue weighted by atomic mass is 19.4. The van der Waals surface area contributed by atoms with Crippen LogP contribution in [0, 0.1) is 0 Å². The molecule has 0 saturated heterocycles. The SMILES string of the molecule is O=c1cc(OCCc2cccc(C(F)(F)F)c2)oc2ccccc12. The first-order valence-corrected chi connectivity index (χ1v) is 7.25. The molecule has 3 aromatic rings. The van der Waals surface area contributed by atoms with Gasteiger partial charge in [0.2, 0.25) is 0 Å². The minimum absolute atomic E-state index is 0.0469. The maximum absolute atomic E-state index is 12.7. The van der Waals surface area contributed by atoms with E-state index >= 15 is 0 Å². The normalized spacial score (nSPS) is 11.6. The molecular weight excluding hydrogens is 321 g/mol. The van der Waals surface area contributed by atoms with Gasteiger partial charge in [0.15, 0.2) is 5.43 Å². The van der Waals surface area contributed by atoms with E-state index in [1.807, 2.05) is 0 Å². The van der Waals surface area contributed by atoms with Crippen LogP contribution in [0.4, 0.5) is 13.2 Å². The summed E-state index contributed by atoms with van der Waals surface area (Å²) < 4.78 is 48.8. The van der Waals surface area contributed by atoms with Crippen molar-refractivity contribution in [1.82, 2.24) is 0 Å². The van der Waals surface area contributed by atoms with Crippen molar-refractivity contribution in [2.24, 2.45) is 0 Å². The highest BCUT2D eigenvalue weighted by Gasteiger charge is 2.30. The first-order valence-electron chi connectivity index (χ1n) is 7.25. The Morgan fingerprint density at radius 3 is 2.58 bits per heavy atom. The molecule has 2 aromatic carbocycles. The van der Waals surface area contributed by atoms with Crippen molar-refractivity contribution in [2.75, 3.05) is 6.61 Å². The number of para-hydroxylation sites is 1. The second kappa shape index (κ2) is 6.39. The van der Waals surface area contributed by atoms with Gasteiger partial charge < -0.3 is 9.15 Å². The Labute approximate surface area is 135 Å². The standard InChI is InChI=1S/C18H13F3O3/c19-18(20,21)13-5-3-4-12(10-13)8-9-23-17-11-15(22)14-6-1-2-7-16(14)24-17/h1-7,10-11H,8-9H2. The van der Waals surface area contributed by atoms with Crippen molar-refractivity contribution >= 4 is 11.0 Å². The summed E-state index contributed by atoms with van der Waals surface area (Å²) in [6.45, 7) is 0.0998. The molecule has 0 unspecified atom stereocenters. The molecule has 0 fully saturated rings. The number of halogens is 3. The Bertz CT molecular complexity index is 913. The third kappa shape index (κ3) is 3.59. The molecule has 24 heavy (non-hydrogen) atoms. The molecule has 0 radical (unpaired) electrons. The summed E-state index contributed by atoms with van der Waals surface area (Å²) >= 11 is 0. The molecular formula is C18H13F3O3. The summed E-state index contributed by atoms with van der Waals surface area (Å²) in [6.07, 6.45) is -4.11. The molecule has 1 aromatic heterocycles. The van der Waals surface area contributed by atoms with Gasteiger partial charge >= 0.3 is 6.18 Å². The Hall–Kier alpha value is -2.76. The predicted molar refractivity (Wildman–Crippen MR) is 83.1 cm³/mol. The Kier molecular flexibility index (Phi) is 4.29. The van der Waals surface area contributed by atoms with Crippen LogP contribution in [0.15, 0.2) is 63.8 Å². The second-order valence-electron chi connectivity index (χ2n) is 5.22. The molecule has 0 amide bonds. The molecule has 124 valence electrons. The van der Waals surface area contributed by atoms with Gasteiger partial charge in [0.05, 0.1) is 23.6 Å². The molecule has 0 atom stereocenters. The fourth-order valence-electron chi connectivity index (χ4n) is 2.33. The minimum Gasteiger partial charge on any atom is -0.465 e. The zero-order valence-corrected chi connectivity index (χ0v) is 12.5. The van der Waals surface area contributed by atoms with E-state index in [1.54, 1.807) is 30.3 Å². The van der Waals surface area contributed by atoms with Crippen LogP contribution in [0.1, 0.15) is 11.1 Å². The molecule has 0 spiro atoms. The zero-order chi connectivity index (χ0) is 17.2. The highest BCUT2D eigenvalue weighted by molar-refractivity contribution is 5.76. The lowest BCUT2D eigenvalue weighted by atomic mass is 10.1. The molecule has 0 aliphatic rings. The Morgan fingerprint density at radius 1 is 1.00 bits per heavy atom. The van der Waals surface area contributed by atoms with Crippen molar-refractivity contribution in [1.29, 1.82) is 0 Å². The average molecular weight is 334 g/mol. The molecule has 0 aliphatic heterocycles. The fourth-order valence-corrected chi connectivity index (χ4v) is 2.33. The van der Waals surface area contributed by atoms with E-state index < -0.39 is 11.7 Å². The quantitative estimate of drug-likeness (QED) is 0.708. The van der Waals surface area contributed by atoms with Crippen LogP contribution >= 0.6 is 0 Å². The van der Waals surface area contributed by atoms with Gasteiger partial charge in [-0.3, -0.25) is 4.79 Å². The number of hydrogen-bond donors (Lipinski definition) is 0. The van der Waals surface area contributed by atoms with E-state index in [4.69, 9.17) is 9.15 Å². The minimum atomic E-state index is -4.37. The van der Waals surface area contributed by atoms with E-state index in [-0.39, 0.29) is 24.4 Å². The van der Waals surface area contributed by atoms with Crippen molar-refractivity contribution < 1.29 is 22.3 Å². The van der Waals surface area contributed by atoms with Gasteiger partial charge in [-0.25, -0.2) is 0 Å². The van der Waals surface area contributed by atoms with Crippen LogP contribution in [-0.4, -0.2) is 6.61 Å². The predicted octanol–water partition coefficient (Wildman–Crippen LogP) is 4.43. The van der Waals surface area contributed by atoms with E-state index in [0.29, 0.717) is 16.5 Å². The van der Waals surface area contributed by atoms with Gasteiger partial charge in [-0.2, -0.15) is 13.2 Å². The third-order valence-corrected chi connectivity index (χ3v) is 3.50. The van der Waals surface area contributed by atoms with Crippen molar-refractivity contribution in [3.05, 3.63) is 75.9 Å². The van der Waals surface area contributed by atoms with Gasteiger partial charge in [-0.15, -0.1) is 0 Å². The largest absolute Gasteiger partial charge is 0.465 e. The fraction of sp³-hybridized carbons (Fsp3) is 0.167. The maximum Gasteiger partial charge on any atom is 0.416 e. The molecule has 0 bridgehead atoms.